The summed E-state index contributed by atoms with van der Waals surface area (Å²) in [5, 5.41) is 0.458. The van der Waals surface area contributed by atoms with Crippen molar-refractivity contribution in [2.24, 2.45) is 0 Å². The number of carbonyl (C=O) groups is 1. The molecule has 0 aromatic carbocycles. The fourth-order valence-corrected chi connectivity index (χ4v) is 7.24. The van der Waals surface area contributed by atoms with Crippen LogP contribution in [-0.4, -0.2) is 42.6 Å². The molecule has 0 spiro atoms. The Labute approximate surface area is 153 Å². The van der Waals surface area contributed by atoms with Crippen molar-refractivity contribution in [2.75, 3.05) is 13.7 Å². The van der Waals surface area contributed by atoms with Crippen LogP contribution in [-0.2, 0) is 14.8 Å². The zero-order valence-electron chi connectivity index (χ0n) is 14.9. The van der Waals surface area contributed by atoms with E-state index in [0.29, 0.717) is 12.2 Å². The summed E-state index contributed by atoms with van der Waals surface area (Å²) in [6.45, 7) is 2.38. The van der Waals surface area contributed by atoms with Gasteiger partial charge in [-0.2, -0.15) is 4.31 Å². The van der Waals surface area contributed by atoms with Gasteiger partial charge in [0.1, 0.15) is 5.01 Å². The molecule has 1 saturated carbocycles. The lowest BCUT2D eigenvalue weighted by Gasteiger charge is -2.37. The van der Waals surface area contributed by atoms with Crippen LogP contribution in [0.3, 0.4) is 0 Å². The first-order valence-corrected chi connectivity index (χ1v) is 11.3. The second-order valence-corrected chi connectivity index (χ2v) is 10.3. The van der Waals surface area contributed by atoms with Gasteiger partial charge in [0.05, 0.1) is 18.4 Å². The van der Waals surface area contributed by atoms with E-state index < -0.39 is 16.0 Å². The Morgan fingerprint density at radius 1 is 1.16 bits per heavy atom. The van der Waals surface area contributed by atoms with Crippen LogP contribution < -0.4 is 0 Å². The average molecular weight is 387 g/mol. The molecule has 0 unspecified atom stereocenters. The predicted octanol–water partition coefficient (Wildman–Crippen LogP) is 3.43. The number of nitrogens with zero attached hydrogens (tertiary/aromatic N) is 2. The van der Waals surface area contributed by atoms with Gasteiger partial charge in [0, 0.05) is 11.4 Å². The molecule has 1 atom stereocenters. The number of rotatable bonds is 4. The third kappa shape index (κ3) is 3.75. The number of sulfonamides is 1. The maximum absolute atomic E-state index is 13.2. The number of hydrogen-bond acceptors (Lipinski definition) is 6. The molecule has 0 radical (unpaired) electrons. The third-order valence-electron chi connectivity index (χ3n) is 5.23. The fraction of sp³-hybridized carbons (Fsp3) is 0.765. The molecule has 1 aliphatic carbocycles. The quantitative estimate of drug-likeness (QED) is 0.741. The Hall–Kier alpha value is -0.990. The van der Waals surface area contributed by atoms with Crippen molar-refractivity contribution in [3.8, 4) is 0 Å². The lowest BCUT2D eigenvalue weighted by atomic mass is 10.0. The van der Waals surface area contributed by atoms with Gasteiger partial charge < -0.3 is 4.74 Å². The zero-order valence-corrected chi connectivity index (χ0v) is 16.5. The number of thiazole rings is 1. The summed E-state index contributed by atoms with van der Waals surface area (Å²) in [4.78, 5) is 17.1. The molecule has 25 heavy (non-hydrogen) atoms. The van der Waals surface area contributed by atoms with Crippen LogP contribution in [0.5, 0.6) is 0 Å². The number of methoxy groups -OCH3 is 1. The molecule has 3 rings (SSSR count). The number of esters is 1. The van der Waals surface area contributed by atoms with Crippen molar-refractivity contribution in [2.45, 2.75) is 69.6 Å². The predicted molar refractivity (Wildman–Crippen MR) is 97.3 cm³/mol. The minimum absolute atomic E-state index is 0.247. The van der Waals surface area contributed by atoms with Crippen LogP contribution in [0.4, 0.5) is 0 Å². The first-order chi connectivity index (χ1) is 11.9. The molecule has 2 fully saturated rings. The fourth-order valence-electron chi connectivity index (χ4n) is 3.86. The Balaban J connectivity index is 1.90. The first-order valence-electron chi connectivity index (χ1n) is 9.01. The highest BCUT2D eigenvalue weighted by Gasteiger charge is 2.40. The summed E-state index contributed by atoms with van der Waals surface area (Å²) >= 11 is 1.41. The zero-order chi connectivity index (χ0) is 18.0. The third-order valence-corrected chi connectivity index (χ3v) is 8.71. The van der Waals surface area contributed by atoms with Crippen LogP contribution in [0, 0.1) is 6.92 Å². The van der Waals surface area contributed by atoms with Crippen LogP contribution in [0.15, 0.2) is 0 Å². The van der Waals surface area contributed by atoms with E-state index in [-0.39, 0.29) is 11.3 Å². The van der Waals surface area contributed by atoms with Gasteiger partial charge in [-0.25, -0.2) is 18.2 Å². The SMILES string of the molecule is COC(=O)c1nc([C@@H]2CCCCN2S(=O)(=O)C2CCCCC2)sc1C. The van der Waals surface area contributed by atoms with Gasteiger partial charge in [0.2, 0.25) is 10.0 Å². The number of aromatic nitrogens is 1. The van der Waals surface area contributed by atoms with Gasteiger partial charge in [-0.15, -0.1) is 11.3 Å². The molecule has 2 aliphatic rings. The summed E-state index contributed by atoms with van der Waals surface area (Å²) in [6.07, 6.45) is 7.26. The topological polar surface area (TPSA) is 76.6 Å². The van der Waals surface area contributed by atoms with Gasteiger partial charge in [-0.05, 0) is 32.6 Å². The van der Waals surface area contributed by atoms with Crippen LogP contribution in [0.1, 0.15) is 77.8 Å². The Morgan fingerprint density at radius 3 is 2.52 bits per heavy atom. The van der Waals surface area contributed by atoms with Gasteiger partial charge in [0.25, 0.3) is 0 Å². The molecular formula is C17H26N2O4S2. The molecule has 1 aromatic rings. The highest BCUT2D eigenvalue weighted by atomic mass is 32.2. The maximum atomic E-state index is 13.2. The minimum atomic E-state index is -3.33. The average Bonchev–Trinajstić information content (AvgIpc) is 3.03. The van der Waals surface area contributed by atoms with E-state index in [0.717, 1.165) is 61.3 Å². The number of piperidine rings is 1. The lowest BCUT2D eigenvalue weighted by Crippen LogP contribution is -2.44. The van der Waals surface area contributed by atoms with E-state index in [1.165, 1.54) is 18.4 Å². The highest BCUT2D eigenvalue weighted by Crippen LogP contribution is 2.39. The van der Waals surface area contributed by atoms with Crippen molar-refractivity contribution in [3.63, 3.8) is 0 Å². The van der Waals surface area contributed by atoms with Crippen molar-refractivity contribution < 1.29 is 17.9 Å². The molecule has 1 aliphatic heterocycles. The molecule has 8 heteroatoms. The number of ether oxygens (including phenoxy) is 1. The number of aryl methyl sites for hydroxylation is 1. The molecule has 6 nitrogen and oxygen atoms in total. The summed E-state index contributed by atoms with van der Waals surface area (Å²) < 4.78 is 32.9. The second-order valence-electron chi connectivity index (χ2n) is 6.88. The molecule has 1 saturated heterocycles. The summed E-state index contributed by atoms with van der Waals surface area (Å²) in [5.41, 5.74) is 0.308. The Kier molecular flexibility index (Phi) is 5.80. The van der Waals surface area contributed by atoms with E-state index in [2.05, 4.69) is 4.98 Å². The minimum Gasteiger partial charge on any atom is -0.464 e. The van der Waals surface area contributed by atoms with Gasteiger partial charge in [0.15, 0.2) is 5.69 Å². The monoisotopic (exact) mass is 386 g/mol. The molecule has 0 N–H and O–H groups in total. The molecule has 0 bridgehead atoms. The number of hydrogen-bond donors (Lipinski definition) is 0. The van der Waals surface area contributed by atoms with Crippen molar-refractivity contribution in [1.29, 1.82) is 0 Å². The van der Waals surface area contributed by atoms with E-state index in [9.17, 15) is 13.2 Å². The summed E-state index contributed by atoms with van der Waals surface area (Å²) in [5.74, 6) is -0.461. The van der Waals surface area contributed by atoms with E-state index in [4.69, 9.17) is 4.74 Å². The van der Waals surface area contributed by atoms with Crippen LogP contribution >= 0.6 is 11.3 Å². The summed E-state index contributed by atoms with van der Waals surface area (Å²) in [7, 11) is -1.99. The number of carbonyl (C=O) groups excluding carboxylic acids is 1. The molecule has 0 amide bonds. The highest BCUT2D eigenvalue weighted by molar-refractivity contribution is 7.89. The van der Waals surface area contributed by atoms with Gasteiger partial charge in [-0.3, -0.25) is 0 Å². The maximum Gasteiger partial charge on any atom is 0.357 e. The van der Waals surface area contributed by atoms with E-state index >= 15 is 0 Å². The van der Waals surface area contributed by atoms with Crippen LogP contribution in [0.2, 0.25) is 0 Å². The van der Waals surface area contributed by atoms with E-state index in [1.807, 2.05) is 6.92 Å². The van der Waals surface area contributed by atoms with E-state index in [1.54, 1.807) is 4.31 Å². The van der Waals surface area contributed by atoms with Crippen molar-refractivity contribution >= 4 is 27.3 Å². The van der Waals surface area contributed by atoms with Crippen LogP contribution in [0.25, 0.3) is 0 Å². The largest absolute Gasteiger partial charge is 0.464 e. The molecule has 1 aromatic heterocycles. The molecule has 2 heterocycles. The van der Waals surface area contributed by atoms with Crippen molar-refractivity contribution in [1.82, 2.24) is 9.29 Å². The molecule has 140 valence electrons. The lowest BCUT2D eigenvalue weighted by molar-refractivity contribution is 0.0593. The second kappa shape index (κ2) is 7.72. The van der Waals surface area contributed by atoms with Gasteiger partial charge >= 0.3 is 5.97 Å². The first kappa shape index (κ1) is 18.8. The smallest absolute Gasteiger partial charge is 0.357 e. The Bertz CT molecular complexity index is 723. The van der Waals surface area contributed by atoms with Gasteiger partial charge in [-0.1, -0.05) is 25.7 Å². The van der Waals surface area contributed by atoms with Crippen molar-refractivity contribution in [3.05, 3.63) is 15.6 Å². The summed E-state index contributed by atoms with van der Waals surface area (Å²) in [6, 6.07) is -0.247. The Morgan fingerprint density at radius 2 is 1.84 bits per heavy atom. The molecular weight excluding hydrogens is 360 g/mol. The normalized spacial score (nSPS) is 23.5. The standard InChI is InChI=1S/C17H26N2O4S2/c1-12-15(17(20)23-2)18-16(24-12)14-10-6-7-11-19(14)25(21,22)13-8-4-3-5-9-13/h13-14H,3-11H2,1-2H3/t14-/m0/s1.